The molecule has 0 bridgehead atoms. The number of nitrogens with two attached hydrogens (primary N) is 1. The van der Waals surface area contributed by atoms with Crippen molar-refractivity contribution >= 4 is 12.2 Å². The van der Waals surface area contributed by atoms with Crippen LogP contribution < -0.4 is 11.1 Å². The van der Waals surface area contributed by atoms with E-state index in [0.717, 1.165) is 0 Å². The third-order valence-corrected chi connectivity index (χ3v) is 2.09. The number of allylic oxidation sites excluding steroid dienone is 1. The lowest BCUT2D eigenvalue weighted by atomic mass is 9.97. The maximum atomic E-state index is 13.1. The Hall–Kier alpha value is -1.27. The lowest BCUT2D eigenvalue weighted by Gasteiger charge is -2.17. The van der Waals surface area contributed by atoms with Crippen LogP contribution in [0.25, 0.3) is 0 Å². The number of aliphatic carboxylic acids is 1. The largest absolute Gasteiger partial charge is 0.480 e. The number of carboxylic acid groups (broad SMARTS) is 1. The summed E-state index contributed by atoms with van der Waals surface area (Å²) in [6.07, 6.45) is 2.55. The van der Waals surface area contributed by atoms with E-state index in [1.165, 1.54) is 19.2 Å². The zero-order valence-electron chi connectivity index (χ0n) is 9.29. The monoisotopic (exact) mass is 231 g/mol. The second-order valence-electron chi connectivity index (χ2n) is 3.74. The molecule has 0 aromatic heterocycles. The summed E-state index contributed by atoms with van der Waals surface area (Å²) in [4.78, 5) is 10.6. The van der Waals surface area contributed by atoms with Crippen molar-refractivity contribution in [3.8, 4) is 0 Å². The molecular weight excluding hydrogens is 213 g/mol. The van der Waals surface area contributed by atoms with Gasteiger partial charge >= 0.3 is 5.97 Å². The van der Waals surface area contributed by atoms with Gasteiger partial charge < -0.3 is 21.6 Å². The Balaban J connectivity index is 3.92. The maximum absolute atomic E-state index is 13.1. The van der Waals surface area contributed by atoms with Crippen LogP contribution in [0.1, 0.15) is 19.8 Å². The minimum atomic E-state index is -1.40. The SMILES string of the molecule is C[C@@](N)(CC/C(F)=C/CNCC=N)C(=O)O. The van der Waals surface area contributed by atoms with Crippen molar-refractivity contribution in [2.75, 3.05) is 13.1 Å². The highest BCUT2D eigenvalue weighted by Gasteiger charge is 2.27. The molecule has 5 nitrogen and oxygen atoms in total. The molecule has 0 heterocycles. The average molecular weight is 231 g/mol. The Morgan fingerprint density at radius 3 is 2.75 bits per heavy atom. The van der Waals surface area contributed by atoms with Crippen LogP contribution in [-0.4, -0.2) is 35.9 Å². The van der Waals surface area contributed by atoms with Gasteiger partial charge in [0.2, 0.25) is 0 Å². The van der Waals surface area contributed by atoms with Crippen molar-refractivity contribution in [3.63, 3.8) is 0 Å². The van der Waals surface area contributed by atoms with Crippen molar-refractivity contribution in [2.24, 2.45) is 5.73 Å². The number of hydrogen-bond donors (Lipinski definition) is 4. The highest BCUT2D eigenvalue weighted by Crippen LogP contribution is 2.14. The molecule has 16 heavy (non-hydrogen) atoms. The summed E-state index contributed by atoms with van der Waals surface area (Å²) in [5, 5.41) is 18.2. The van der Waals surface area contributed by atoms with Gasteiger partial charge in [0.05, 0.1) is 5.83 Å². The van der Waals surface area contributed by atoms with Gasteiger partial charge in [-0.05, 0) is 19.4 Å². The molecule has 0 aromatic rings. The first-order valence-corrected chi connectivity index (χ1v) is 4.96. The standard InChI is InChI=1S/C10H18FN3O2/c1-10(13,9(15)16)4-2-8(11)3-6-14-7-5-12/h3,5,12,14H,2,4,6-7,13H2,1H3,(H,15,16)/b8-3-,12-5?/t10-/m1/s1. The van der Waals surface area contributed by atoms with Crippen LogP contribution in [0.2, 0.25) is 0 Å². The van der Waals surface area contributed by atoms with Crippen LogP contribution in [0.5, 0.6) is 0 Å². The van der Waals surface area contributed by atoms with Crippen molar-refractivity contribution in [2.45, 2.75) is 25.3 Å². The normalized spacial score (nSPS) is 15.6. The molecule has 0 unspecified atom stereocenters. The number of nitrogens with one attached hydrogen (secondary N) is 2. The Morgan fingerprint density at radius 1 is 1.62 bits per heavy atom. The summed E-state index contributed by atoms with van der Waals surface area (Å²) in [7, 11) is 0. The predicted octanol–water partition coefficient (Wildman–Crippen LogP) is 0.661. The van der Waals surface area contributed by atoms with Crippen molar-refractivity contribution in [1.29, 1.82) is 5.41 Å². The first kappa shape index (κ1) is 14.7. The quantitative estimate of drug-likeness (QED) is 0.364. The number of hydrogen-bond acceptors (Lipinski definition) is 4. The van der Waals surface area contributed by atoms with Crippen LogP contribution >= 0.6 is 0 Å². The van der Waals surface area contributed by atoms with Gasteiger partial charge in [-0.15, -0.1) is 0 Å². The van der Waals surface area contributed by atoms with E-state index in [9.17, 15) is 9.18 Å². The molecule has 0 saturated carbocycles. The third-order valence-electron chi connectivity index (χ3n) is 2.09. The molecule has 0 aromatic carbocycles. The van der Waals surface area contributed by atoms with Crippen molar-refractivity contribution < 1.29 is 14.3 Å². The molecular formula is C10H18FN3O2. The molecule has 0 aliphatic heterocycles. The van der Waals surface area contributed by atoms with Crippen LogP contribution in [0.15, 0.2) is 11.9 Å². The topological polar surface area (TPSA) is 99.2 Å². The van der Waals surface area contributed by atoms with E-state index in [4.69, 9.17) is 16.2 Å². The second-order valence-corrected chi connectivity index (χ2v) is 3.74. The fourth-order valence-corrected chi connectivity index (χ4v) is 0.926. The van der Waals surface area contributed by atoms with Crippen LogP contribution in [-0.2, 0) is 4.79 Å². The summed E-state index contributed by atoms with van der Waals surface area (Å²) < 4.78 is 13.1. The average Bonchev–Trinajstić information content (AvgIpc) is 2.21. The van der Waals surface area contributed by atoms with E-state index >= 15 is 0 Å². The van der Waals surface area contributed by atoms with E-state index in [0.29, 0.717) is 13.1 Å². The number of halogens is 1. The molecule has 92 valence electrons. The Labute approximate surface area is 94.0 Å². The zero-order chi connectivity index (χ0) is 12.6. The Morgan fingerprint density at radius 2 is 2.25 bits per heavy atom. The van der Waals surface area contributed by atoms with E-state index in [2.05, 4.69) is 5.32 Å². The minimum absolute atomic E-state index is 0.00553. The summed E-state index contributed by atoms with van der Waals surface area (Å²) in [5.41, 5.74) is 4.05. The van der Waals surface area contributed by atoms with Gasteiger partial charge in [0.1, 0.15) is 5.54 Å². The summed E-state index contributed by atoms with van der Waals surface area (Å²) in [6.45, 7) is 2.05. The fourth-order valence-electron chi connectivity index (χ4n) is 0.926. The lowest BCUT2D eigenvalue weighted by molar-refractivity contribution is -0.142. The van der Waals surface area contributed by atoms with Gasteiger partial charge in [-0.3, -0.25) is 4.79 Å². The molecule has 0 aliphatic rings. The summed E-state index contributed by atoms with van der Waals surface area (Å²) in [5.74, 6) is -1.53. The summed E-state index contributed by atoms with van der Waals surface area (Å²) >= 11 is 0. The third kappa shape index (κ3) is 6.26. The first-order valence-electron chi connectivity index (χ1n) is 4.96. The Kier molecular flexibility index (Phi) is 6.52. The van der Waals surface area contributed by atoms with E-state index in [-0.39, 0.29) is 12.8 Å². The molecule has 0 aliphatic carbocycles. The van der Waals surface area contributed by atoms with E-state index in [1.807, 2.05) is 0 Å². The summed E-state index contributed by atoms with van der Waals surface area (Å²) in [6, 6.07) is 0. The molecule has 0 saturated heterocycles. The Bertz CT molecular complexity index is 277. The molecule has 0 spiro atoms. The minimum Gasteiger partial charge on any atom is -0.480 e. The first-order chi connectivity index (χ1) is 7.40. The molecule has 1 atom stereocenters. The predicted molar refractivity (Wildman–Crippen MR) is 60.3 cm³/mol. The lowest BCUT2D eigenvalue weighted by Crippen LogP contribution is -2.44. The van der Waals surface area contributed by atoms with Gasteiger partial charge in [-0.25, -0.2) is 4.39 Å². The molecule has 6 heteroatoms. The van der Waals surface area contributed by atoms with Crippen LogP contribution in [0.3, 0.4) is 0 Å². The van der Waals surface area contributed by atoms with Crippen LogP contribution in [0.4, 0.5) is 4.39 Å². The van der Waals surface area contributed by atoms with Crippen molar-refractivity contribution in [3.05, 3.63) is 11.9 Å². The second kappa shape index (κ2) is 7.08. The van der Waals surface area contributed by atoms with E-state index in [1.54, 1.807) is 0 Å². The molecule has 0 rings (SSSR count). The molecule has 0 amide bonds. The number of carbonyl (C=O) groups is 1. The van der Waals surface area contributed by atoms with Gasteiger partial charge in [0.25, 0.3) is 0 Å². The molecule has 0 radical (unpaired) electrons. The molecule has 0 fully saturated rings. The van der Waals surface area contributed by atoms with Gasteiger partial charge in [0, 0.05) is 25.7 Å². The van der Waals surface area contributed by atoms with Crippen LogP contribution in [0, 0.1) is 5.41 Å². The van der Waals surface area contributed by atoms with Gasteiger partial charge in [0.15, 0.2) is 0 Å². The van der Waals surface area contributed by atoms with E-state index < -0.39 is 17.3 Å². The van der Waals surface area contributed by atoms with Gasteiger partial charge in [-0.1, -0.05) is 0 Å². The fraction of sp³-hybridized carbons (Fsp3) is 0.600. The highest BCUT2D eigenvalue weighted by atomic mass is 19.1. The number of carboxylic acids is 1. The number of rotatable bonds is 8. The van der Waals surface area contributed by atoms with Gasteiger partial charge in [-0.2, -0.15) is 0 Å². The zero-order valence-corrected chi connectivity index (χ0v) is 9.29. The smallest absolute Gasteiger partial charge is 0.323 e. The highest BCUT2D eigenvalue weighted by molar-refractivity contribution is 5.77. The molecule has 5 N–H and O–H groups in total. The maximum Gasteiger partial charge on any atom is 0.323 e. The van der Waals surface area contributed by atoms with Crippen molar-refractivity contribution in [1.82, 2.24) is 5.32 Å².